The van der Waals surface area contributed by atoms with Crippen LogP contribution in [0.2, 0.25) is 0 Å². The van der Waals surface area contributed by atoms with Gasteiger partial charge in [-0.2, -0.15) is 0 Å². The Hall–Kier alpha value is -0.0800. The zero-order valence-electron chi connectivity index (χ0n) is 8.95. The molecule has 0 saturated carbocycles. The summed E-state index contributed by atoms with van der Waals surface area (Å²) in [5.41, 5.74) is -0.392. The van der Waals surface area contributed by atoms with Crippen molar-refractivity contribution >= 4 is 0 Å². The van der Waals surface area contributed by atoms with Gasteiger partial charge in [-0.25, -0.2) is 0 Å². The number of piperidine rings is 1. The molecule has 0 aromatic rings. The van der Waals surface area contributed by atoms with Gasteiger partial charge in [-0.1, -0.05) is 0 Å². The Morgan fingerprint density at radius 2 is 1.69 bits per heavy atom. The van der Waals surface area contributed by atoms with Crippen molar-refractivity contribution in [2.45, 2.75) is 70.2 Å². The molecule has 2 heteroatoms. The maximum Gasteiger partial charge on any atom is 0.0649 e. The van der Waals surface area contributed by atoms with Crippen molar-refractivity contribution in [2.24, 2.45) is 0 Å². The van der Waals surface area contributed by atoms with Gasteiger partial charge >= 0.3 is 0 Å². The number of nitrogens with zero attached hydrogens (tertiary/aromatic N) is 1. The van der Waals surface area contributed by atoms with Crippen LogP contribution in [-0.4, -0.2) is 33.7 Å². The van der Waals surface area contributed by atoms with Crippen LogP contribution in [0.5, 0.6) is 0 Å². The van der Waals surface area contributed by atoms with Crippen LogP contribution in [0.25, 0.3) is 0 Å². The van der Waals surface area contributed by atoms with Crippen LogP contribution in [0.4, 0.5) is 0 Å². The molecule has 2 saturated heterocycles. The van der Waals surface area contributed by atoms with Crippen LogP contribution < -0.4 is 0 Å². The molecule has 0 spiro atoms. The molecule has 0 aliphatic carbocycles. The van der Waals surface area contributed by atoms with E-state index in [0.29, 0.717) is 18.1 Å². The maximum atomic E-state index is 10.0. The largest absolute Gasteiger partial charge is 0.390 e. The van der Waals surface area contributed by atoms with E-state index in [0.717, 1.165) is 12.8 Å². The fraction of sp³-hybridized carbons (Fsp3) is 1.00. The average molecular weight is 183 g/mol. The van der Waals surface area contributed by atoms with Crippen molar-refractivity contribution in [3.63, 3.8) is 0 Å². The van der Waals surface area contributed by atoms with E-state index in [9.17, 15) is 5.11 Å². The average Bonchev–Trinajstić information content (AvgIpc) is 2.23. The number of fused-ring (bicyclic) bond motifs is 2. The molecule has 0 amide bonds. The highest BCUT2D eigenvalue weighted by Crippen LogP contribution is 2.41. The molecule has 0 radical (unpaired) electrons. The van der Waals surface area contributed by atoms with Crippen molar-refractivity contribution in [2.75, 3.05) is 0 Å². The molecule has 2 aliphatic rings. The van der Waals surface area contributed by atoms with Crippen LogP contribution in [0.15, 0.2) is 0 Å². The molecule has 1 N–H and O–H groups in total. The van der Waals surface area contributed by atoms with E-state index in [1.165, 1.54) is 12.8 Å². The third-order valence-electron chi connectivity index (χ3n) is 3.62. The van der Waals surface area contributed by atoms with Crippen molar-refractivity contribution in [1.82, 2.24) is 4.90 Å². The molecular weight excluding hydrogens is 162 g/mol. The van der Waals surface area contributed by atoms with Gasteiger partial charge in [0.05, 0.1) is 5.60 Å². The first-order valence-electron chi connectivity index (χ1n) is 5.49. The molecule has 0 aromatic carbocycles. The quantitative estimate of drug-likeness (QED) is 0.669. The van der Waals surface area contributed by atoms with Gasteiger partial charge in [-0.05, 0) is 46.5 Å². The van der Waals surface area contributed by atoms with Crippen LogP contribution in [0.3, 0.4) is 0 Å². The predicted octanol–water partition coefficient (Wildman–Crippen LogP) is 1.77. The van der Waals surface area contributed by atoms with Crippen molar-refractivity contribution in [3.05, 3.63) is 0 Å². The van der Waals surface area contributed by atoms with Crippen LogP contribution in [0.1, 0.15) is 46.5 Å². The smallest absolute Gasteiger partial charge is 0.0649 e. The molecule has 2 atom stereocenters. The lowest BCUT2D eigenvalue weighted by atomic mass is 9.87. The lowest BCUT2D eigenvalue weighted by Crippen LogP contribution is -2.52. The summed E-state index contributed by atoms with van der Waals surface area (Å²) in [6, 6.07) is 1.94. The van der Waals surface area contributed by atoms with Gasteiger partial charge in [0.2, 0.25) is 0 Å². The highest BCUT2D eigenvalue weighted by Gasteiger charge is 2.45. The van der Waals surface area contributed by atoms with Gasteiger partial charge in [0.25, 0.3) is 0 Å². The lowest BCUT2D eigenvalue weighted by molar-refractivity contribution is -0.0480. The van der Waals surface area contributed by atoms with Crippen molar-refractivity contribution in [3.8, 4) is 0 Å². The number of hydrogen-bond donors (Lipinski definition) is 1. The Bertz CT molecular complexity index is 184. The van der Waals surface area contributed by atoms with E-state index in [2.05, 4.69) is 18.7 Å². The van der Waals surface area contributed by atoms with Gasteiger partial charge < -0.3 is 5.11 Å². The molecule has 2 rings (SSSR count). The Balaban J connectivity index is 2.13. The second-order valence-corrected chi connectivity index (χ2v) is 5.33. The first kappa shape index (κ1) is 9.47. The van der Waals surface area contributed by atoms with Crippen molar-refractivity contribution < 1.29 is 5.11 Å². The van der Waals surface area contributed by atoms with Crippen LogP contribution in [-0.2, 0) is 0 Å². The molecule has 2 bridgehead atoms. The number of aliphatic hydroxyl groups is 1. The van der Waals surface area contributed by atoms with E-state index in [4.69, 9.17) is 0 Å². The highest BCUT2D eigenvalue weighted by molar-refractivity contribution is 5.01. The SMILES string of the molecule is CC(C)N1[C@H]2CC[C@H]1CC(C)(O)C2. The van der Waals surface area contributed by atoms with E-state index >= 15 is 0 Å². The number of rotatable bonds is 1. The molecule has 76 valence electrons. The molecule has 0 aromatic heterocycles. The lowest BCUT2D eigenvalue weighted by Gasteiger charge is -2.44. The first-order chi connectivity index (χ1) is 5.99. The summed E-state index contributed by atoms with van der Waals surface area (Å²) < 4.78 is 0. The summed E-state index contributed by atoms with van der Waals surface area (Å²) in [6.45, 7) is 6.53. The van der Waals surface area contributed by atoms with E-state index in [-0.39, 0.29) is 0 Å². The summed E-state index contributed by atoms with van der Waals surface area (Å²) in [5.74, 6) is 0. The monoisotopic (exact) mass is 183 g/mol. The van der Waals surface area contributed by atoms with Crippen LogP contribution in [0, 0.1) is 0 Å². The van der Waals surface area contributed by atoms with E-state index < -0.39 is 5.60 Å². The fourth-order valence-corrected chi connectivity index (χ4v) is 3.34. The summed E-state index contributed by atoms with van der Waals surface area (Å²) in [6.07, 6.45) is 4.53. The summed E-state index contributed by atoms with van der Waals surface area (Å²) in [7, 11) is 0. The van der Waals surface area contributed by atoms with Gasteiger partial charge in [0.1, 0.15) is 0 Å². The minimum atomic E-state index is -0.392. The minimum Gasteiger partial charge on any atom is -0.390 e. The summed E-state index contributed by atoms with van der Waals surface area (Å²) in [5, 5.41) is 10.0. The molecular formula is C11H21NO. The third kappa shape index (κ3) is 1.62. The molecule has 2 heterocycles. The normalized spacial score (nSPS) is 45.9. The molecule has 2 aliphatic heterocycles. The summed E-state index contributed by atoms with van der Waals surface area (Å²) >= 11 is 0. The Labute approximate surface area is 80.9 Å². The molecule has 2 nitrogen and oxygen atoms in total. The zero-order valence-corrected chi connectivity index (χ0v) is 8.95. The fourth-order valence-electron chi connectivity index (χ4n) is 3.34. The third-order valence-corrected chi connectivity index (χ3v) is 3.62. The van der Waals surface area contributed by atoms with Crippen LogP contribution >= 0.6 is 0 Å². The van der Waals surface area contributed by atoms with E-state index in [1.807, 2.05) is 6.92 Å². The van der Waals surface area contributed by atoms with Gasteiger partial charge in [-0.15, -0.1) is 0 Å². The van der Waals surface area contributed by atoms with Crippen molar-refractivity contribution in [1.29, 1.82) is 0 Å². The maximum absolute atomic E-state index is 10.0. The topological polar surface area (TPSA) is 23.5 Å². The van der Waals surface area contributed by atoms with Gasteiger partial charge in [-0.3, -0.25) is 4.90 Å². The van der Waals surface area contributed by atoms with E-state index in [1.54, 1.807) is 0 Å². The molecule has 0 unspecified atom stereocenters. The molecule has 2 fully saturated rings. The highest BCUT2D eigenvalue weighted by atomic mass is 16.3. The first-order valence-corrected chi connectivity index (χ1v) is 5.49. The zero-order chi connectivity index (χ0) is 9.64. The second kappa shape index (κ2) is 2.96. The Morgan fingerprint density at radius 3 is 2.08 bits per heavy atom. The minimum absolute atomic E-state index is 0.392. The summed E-state index contributed by atoms with van der Waals surface area (Å²) in [4.78, 5) is 2.61. The second-order valence-electron chi connectivity index (χ2n) is 5.33. The molecule has 13 heavy (non-hydrogen) atoms. The van der Waals surface area contributed by atoms with Gasteiger partial charge in [0.15, 0.2) is 0 Å². The standard InChI is InChI=1S/C11H21NO/c1-8(2)12-9-4-5-10(12)7-11(3,13)6-9/h8-10,13H,4-7H2,1-3H3/t9-,10-/m0/s1. The Kier molecular flexibility index (Phi) is 2.16. The number of hydrogen-bond acceptors (Lipinski definition) is 2. The predicted molar refractivity (Wildman–Crippen MR) is 53.6 cm³/mol. The van der Waals surface area contributed by atoms with Gasteiger partial charge in [0, 0.05) is 18.1 Å². The Morgan fingerprint density at radius 1 is 1.23 bits per heavy atom.